The van der Waals surface area contributed by atoms with Crippen molar-refractivity contribution >= 4 is 5.91 Å². The van der Waals surface area contributed by atoms with E-state index in [0.29, 0.717) is 13.0 Å². The Kier molecular flexibility index (Phi) is 5.20. The molecule has 0 aromatic rings. The first kappa shape index (κ1) is 12.1. The number of amides is 1. The van der Waals surface area contributed by atoms with Crippen LogP contribution < -0.4 is 0 Å². The van der Waals surface area contributed by atoms with Crippen LogP contribution in [0.25, 0.3) is 0 Å². The van der Waals surface area contributed by atoms with Crippen molar-refractivity contribution in [2.45, 2.75) is 45.3 Å². The maximum atomic E-state index is 11.7. The summed E-state index contributed by atoms with van der Waals surface area (Å²) in [5.74, 6) is 2.80. The number of carbonyl (C=O) groups excluding carboxylic acids is 1. The number of likely N-dealkylation sites (tertiary alicyclic amines) is 1. The molecule has 1 fully saturated rings. The number of terminal acetylenes is 1. The van der Waals surface area contributed by atoms with Gasteiger partial charge in [-0.2, -0.15) is 0 Å². The highest BCUT2D eigenvalue weighted by atomic mass is 16.5. The summed E-state index contributed by atoms with van der Waals surface area (Å²) < 4.78 is 5.55. The summed E-state index contributed by atoms with van der Waals surface area (Å²) in [4.78, 5) is 13.5. The number of carbonyl (C=O) groups is 1. The fourth-order valence-electron chi connectivity index (χ4n) is 1.87. The molecule has 3 nitrogen and oxygen atoms in total. The van der Waals surface area contributed by atoms with Crippen LogP contribution in [0.3, 0.4) is 0 Å². The molecule has 1 rings (SSSR count). The third kappa shape index (κ3) is 3.56. The highest BCUT2D eigenvalue weighted by molar-refractivity contribution is 5.77. The molecule has 1 aliphatic heterocycles. The van der Waals surface area contributed by atoms with E-state index in [2.05, 4.69) is 5.92 Å². The summed E-state index contributed by atoms with van der Waals surface area (Å²) in [6, 6.07) is 0. The van der Waals surface area contributed by atoms with Crippen LogP contribution in [0.2, 0.25) is 0 Å². The summed E-state index contributed by atoms with van der Waals surface area (Å²) in [5, 5.41) is 0. The zero-order chi connectivity index (χ0) is 11.1. The van der Waals surface area contributed by atoms with Gasteiger partial charge in [0.1, 0.15) is 6.23 Å². The highest BCUT2D eigenvalue weighted by Crippen LogP contribution is 2.19. The van der Waals surface area contributed by atoms with Gasteiger partial charge in [-0.1, -0.05) is 0 Å². The minimum atomic E-state index is -0.0194. The van der Waals surface area contributed by atoms with Crippen LogP contribution in [0.5, 0.6) is 0 Å². The summed E-state index contributed by atoms with van der Waals surface area (Å²) in [6.45, 7) is 3.34. The molecule has 0 bridgehead atoms. The van der Waals surface area contributed by atoms with Gasteiger partial charge >= 0.3 is 0 Å². The molecular weight excluding hydrogens is 190 g/mol. The van der Waals surface area contributed by atoms with Crippen LogP contribution in [-0.4, -0.2) is 30.2 Å². The molecule has 1 unspecified atom stereocenters. The minimum absolute atomic E-state index is 0.0194. The van der Waals surface area contributed by atoms with Crippen molar-refractivity contribution in [3.8, 4) is 12.3 Å². The number of nitrogens with zero attached hydrogens (tertiary/aromatic N) is 1. The first-order valence-electron chi connectivity index (χ1n) is 5.64. The average Bonchev–Trinajstić information content (AvgIpc) is 2.23. The van der Waals surface area contributed by atoms with Crippen LogP contribution >= 0.6 is 0 Å². The SMILES string of the molecule is C#CCCCN1C(=O)CCCC1OCC. The third-order valence-corrected chi connectivity index (χ3v) is 2.59. The van der Waals surface area contributed by atoms with Crippen molar-refractivity contribution in [1.82, 2.24) is 4.90 Å². The van der Waals surface area contributed by atoms with E-state index in [0.717, 1.165) is 32.2 Å². The Balaban J connectivity index is 2.45. The quantitative estimate of drug-likeness (QED) is 0.510. The lowest BCUT2D eigenvalue weighted by Gasteiger charge is -2.35. The first-order chi connectivity index (χ1) is 7.29. The molecule has 0 spiro atoms. The second-order valence-electron chi connectivity index (χ2n) is 3.70. The van der Waals surface area contributed by atoms with Crippen LogP contribution in [0.4, 0.5) is 0 Å². The van der Waals surface area contributed by atoms with E-state index < -0.39 is 0 Å². The van der Waals surface area contributed by atoms with Crippen LogP contribution in [0, 0.1) is 12.3 Å². The first-order valence-corrected chi connectivity index (χ1v) is 5.64. The third-order valence-electron chi connectivity index (χ3n) is 2.59. The summed E-state index contributed by atoms with van der Waals surface area (Å²) in [6.07, 6.45) is 9.31. The van der Waals surface area contributed by atoms with Crippen LogP contribution in [-0.2, 0) is 9.53 Å². The van der Waals surface area contributed by atoms with Gasteiger partial charge in [0.15, 0.2) is 0 Å². The van der Waals surface area contributed by atoms with Crippen molar-refractivity contribution in [1.29, 1.82) is 0 Å². The Morgan fingerprint density at radius 3 is 3.13 bits per heavy atom. The molecule has 84 valence electrons. The highest BCUT2D eigenvalue weighted by Gasteiger charge is 2.27. The van der Waals surface area contributed by atoms with Crippen LogP contribution in [0.1, 0.15) is 39.0 Å². The smallest absolute Gasteiger partial charge is 0.224 e. The molecule has 0 aromatic carbocycles. The van der Waals surface area contributed by atoms with E-state index in [1.807, 2.05) is 11.8 Å². The standard InChI is InChI=1S/C12H19NO2/c1-3-5-6-10-13-11(14)8-7-9-12(13)15-4-2/h1,12H,4-10H2,2H3. The van der Waals surface area contributed by atoms with Crippen molar-refractivity contribution in [3.05, 3.63) is 0 Å². The van der Waals surface area contributed by atoms with Gasteiger partial charge in [-0.25, -0.2) is 0 Å². The minimum Gasteiger partial charge on any atom is -0.359 e. The van der Waals surface area contributed by atoms with E-state index in [1.165, 1.54) is 0 Å². The van der Waals surface area contributed by atoms with E-state index in [1.54, 1.807) is 0 Å². The van der Waals surface area contributed by atoms with Gasteiger partial charge in [0, 0.05) is 26.0 Å². The van der Waals surface area contributed by atoms with E-state index in [4.69, 9.17) is 11.2 Å². The molecular formula is C12H19NO2. The Morgan fingerprint density at radius 2 is 2.47 bits per heavy atom. The lowest BCUT2D eigenvalue weighted by molar-refractivity contribution is -0.152. The maximum absolute atomic E-state index is 11.7. The molecule has 1 atom stereocenters. The maximum Gasteiger partial charge on any atom is 0.224 e. The van der Waals surface area contributed by atoms with Gasteiger partial charge < -0.3 is 9.64 Å². The second-order valence-corrected chi connectivity index (χ2v) is 3.70. The molecule has 1 aliphatic rings. The number of hydrogen-bond donors (Lipinski definition) is 0. The molecule has 1 amide bonds. The van der Waals surface area contributed by atoms with Crippen molar-refractivity contribution in [3.63, 3.8) is 0 Å². The Hall–Kier alpha value is -1.01. The Morgan fingerprint density at radius 1 is 1.67 bits per heavy atom. The van der Waals surface area contributed by atoms with Crippen molar-refractivity contribution < 1.29 is 9.53 Å². The number of ether oxygens (including phenoxy) is 1. The van der Waals surface area contributed by atoms with Gasteiger partial charge in [0.25, 0.3) is 0 Å². The number of piperidine rings is 1. The van der Waals surface area contributed by atoms with Gasteiger partial charge in [-0.05, 0) is 26.2 Å². The number of rotatable bonds is 5. The predicted molar refractivity (Wildman–Crippen MR) is 59.0 cm³/mol. The summed E-state index contributed by atoms with van der Waals surface area (Å²) in [5.41, 5.74) is 0. The number of hydrogen-bond acceptors (Lipinski definition) is 2. The molecule has 0 N–H and O–H groups in total. The summed E-state index contributed by atoms with van der Waals surface area (Å²) >= 11 is 0. The molecule has 1 heterocycles. The molecule has 15 heavy (non-hydrogen) atoms. The van der Waals surface area contributed by atoms with Crippen LogP contribution in [0.15, 0.2) is 0 Å². The van der Waals surface area contributed by atoms with Crippen molar-refractivity contribution in [2.24, 2.45) is 0 Å². The fraction of sp³-hybridized carbons (Fsp3) is 0.750. The molecule has 0 aromatic heterocycles. The van der Waals surface area contributed by atoms with Gasteiger partial charge in [0.2, 0.25) is 5.91 Å². The Bertz CT molecular complexity index is 242. The molecule has 3 heteroatoms. The predicted octanol–water partition coefficient (Wildman–Crippen LogP) is 1.77. The fourth-order valence-corrected chi connectivity index (χ4v) is 1.87. The molecule has 0 saturated carbocycles. The lowest BCUT2D eigenvalue weighted by Crippen LogP contribution is -2.45. The normalized spacial score (nSPS) is 21.5. The molecule has 0 radical (unpaired) electrons. The van der Waals surface area contributed by atoms with Gasteiger partial charge in [-0.15, -0.1) is 12.3 Å². The van der Waals surface area contributed by atoms with Gasteiger partial charge in [-0.3, -0.25) is 4.79 Å². The zero-order valence-corrected chi connectivity index (χ0v) is 9.37. The average molecular weight is 209 g/mol. The monoisotopic (exact) mass is 209 g/mol. The van der Waals surface area contributed by atoms with Gasteiger partial charge in [0.05, 0.1) is 0 Å². The topological polar surface area (TPSA) is 29.5 Å². The lowest BCUT2D eigenvalue weighted by atomic mass is 10.1. The number of unbranched alkanes of at least 4 members (excludes halogenated alkanes) is 1. The van der Waals surface area contributed by atoms with E-state index >= 15 is 0 Å². The van der Waals surface area contributed by atoms with E-state index in [-0.39, 0.29) is 12.1 Å². The molecule has 0 aliphatic carbocycles. The molecule has 1 saturated heterocycles. The van der Waals surface area contributed by atoms with E-state index in [9.17, 15) is 4.79 Å². The summed E-state index contributed by atoms with van der Waals surface area (Å²) in [7, 11) is 0. The van der Waals surface area contributed by atoms with Crippen molar-refractivity contribution in [2.75, 3.05) is 13.2 Å². The Labute approximate surface area is 91.8 Å². The zero-order valence-electron chi connectivity index (χ0n) is 9.37. The second kappa shape index (κ2) is 6.47. The largest absolute Gasteiger partial charge is 0.359 e.